The third-order valence-corrected chi connectivity index (χ3v) is 2.43. The van der Waals surface area contributed by atoms with Gasteiger partial charge < -0.3 is 14.8 Å². The van der Waals surface area contributed by atoms with Crippen LogP contribution in [0.25, 0.3) is 0 Å². The predicted octanol–water partition coefficient (Wildman–Crippen LogP) is 3.31. The zero-order valence-corrected chi connectivity index (χ0v) is 10.9. The van der Waals surface area contributed by atoms with E-state index >= 15 is 0 Å². The monoisotopic (exact) mass is 237 g/mol. The molecular formula is C14H23NO2. The Morgan fingerprint density at radius 3 is 2.47 bits per heavy atom. The molecule has 0 amide bonds. The van der Waals surface area contributed by atoms with Gasteiger partial charge in [0.15, 0.2) is 0 Å². The summed E-state index contributed by atoms with van der Waals surface area (Å²) in [7, 11) is 1.74. The first kappa shape index (κ1) is 13.8. The maximum Gasteiger partial charge on any atom is 0.119 e. The molecule has 0 aliphatic carbocycles. The lowest BCUT2D eigenvalue weighted by Crippen LogP contribution is -2.03. The number of hydrogen-bond donors (Lipinski definition) is 1. The van der Waals surface area contributed by atoms with Crippen molar-refractivity contribution in [3.8, 4) is 5.75 Å². The topological polar surface area (TPSA) is 30.5 Å². The van der Waals surface area contributed by atoms with Gasteiger partial charge in [-0.15, -0.1) is 0 Å². The lowest BCUT2D eigenvalue weighted by molar-refractivity contribution is 0.194. The highest BCUT2D eigenvalue weighted by atomic mass is 16.5. The van der Waals surface area contributed by atoms with Gasteiger partial charge in [-0.3, -0.25) is 0 Å². The summed E-state index contributed by atoms with van der Waals surface area (Å²) >= 11 is 0. The van der Waals surface area contributed by atoms with Gasteiger partial charge in [-0.05, 0) is 43.5 Å². The average molecular weight is 237 g/mol. The Bertz CT molecular complexity index is 285. The fraction of sp³-hybridized carbons (Fsp3) is 0.571. The second-order valence-corrected chi connectivity index (χ2v) is 4.00. The Labute approximate surface area is 104 Å². The van der Waals surface area contributed by atoms with Gasteiger partial charge in [-0.1, -0.05) is 6.92 Å². The van der Waals surface area contributed by atoms with Crippen LogP contribution in [-0.4, -0.2) is 26.9 Å². The molecule has 0 radical (unpaired) electrons. The molecular weight excluding hydrogens is 214 g/mol. The Hall–Kier alpha value is -1.22. The second kappa shape index (κ2) is 8.88. The molecule has 17 heavy (non-hydrogen) atoms. The maximum atomic E-state index is 5.52. The maximum absolute atomic E-state index is 5.52. The van der Waals surface area contributed by atoms with Crippen LogP contribution in [0, 0.1) is 0 Å². The summed E-state index contributed by atoms with van der Waals surface area (Å²) < 4.78 is 10.5. The van der Waals surface area contributed by atoms with E-state index in [1.54, 1.807) is 7.11 Å². The molecule has 0 aromatic heterocycles. The van der Waals surface area contributed by atoms with Crippen LogP contribution in [0.15, 0.2) is 24.3 Å². The van der Waals surface area contributed by atoms with Crippen molar-refractivity contribution >= 4 is 5.69 Å². The van der Waals surface area contributed by atoms with Crippen molar-refractivity contribution < 1.29 is 9.47 Å². The van der Waals surface area contributed by atoms with Crippen molar-refractivity contribution in [3.05, 3.63) is 24.3 Å². The number of anilines is 1. The van der Waals surface area contributed by atoms with E-state index in [-0.39, 0.29) is 0 Å². The molecule has 1 N–H and O–H groups in total. The molecule has 0 atom stereocenters. The molecule has 96 valence electrons. The fourth-order valence-electron chi connectivity index (χ4n) is 1.49. The van der Waals surface area contributed by atoms with Crippen molar-refractivity contribution in [1.82, 2.24) is 0 Å². The lowest BCUT2D eigenvalue weighted by atomic mass is 10.2. The van der Waals surface area contributed by atoms with Crippen LogP contribution in [0.2, 0.25) is 0 Å². The number of methoxy groups -OCH3 is 1. The van der Waals surface area contributed by atoms with E-state index < -0.39 is 0 Å². The van der Waals surface area contributed by atoms with E-state index in [1.807, 2.05) is 12.1 Å². The van der Waals surface area contributed by atoms with Crippen LogP contribution < -0.4 is 10.1 Å². The molecule has 0 unspecified atom stereocenters. The van der Waals surface area contributed by atoms with Gasteiger partial charge >= 0.3 is 0 Å². The molecule has 1 rings (SSSR count). The average Bonchev–Trinajstić information content (AvgIpc) is 2.37. The summed E-state index contributed by atoms with van der Waals surface area (Å²) in [4.78, 5) is 0. The second-order valence-electron chi connectivity index (χ2n) is 4.00. The number of nitrogens with one attached hydrogen (secondary N) is 1. The van der Waals surface area contributed by atoms with Gasteiger partial charge in [0.25, 0.3) is 0 Å². The molecule has 3 heteroatoms. The van der Waals surface area contributed by atoms with Gasteiger partial charge in [0.1, 0.15) is 5.75 Å². The van der Waals surface area contributed by atoms with Gasteiger partial charge in [0, 0.05) is 25.9 Å². The Balaban J connectivity index is 2.20. The van der Waals surface area contributed by atoms with Crippen LogP contribution in [0.3, 0.4) is 0 Å². The molecule has 3 nitrogen and oxygen atoms in total. The van der Waals surface area contributed by atoms with Crippen molar-refractivity contribution in [2.45, 2.75) is 26.2 Å². The number of ether oxygens (including phenoxy) is 2. The first-order valence-electron chi connectivity index (χ1n) is 6.32. The van der Waals surface area contributed by atoms with Gasteiger partial charge in [0.2, 0.25) is 0 Å². The van der Waals surface area contributed by atoms with Gasteiger partial charge in [-0.2, -0.15) is 0 Å². The zero-order valence-electron chi connectivity index (χ0n) is 10.9. The molecule has 0 aliphatic rings. The van der Waals surface area contributed by atoms with Gasteiger partial charge in [0.05, 0.1) is 6.61 Å². The van der Waals surface area contributed by atoms with Crippen LogP contribution in [0.5, 0.6) is 5.75 Å². The number of unbranched alkanes of at least 4 members (excludes halogenated alkanes) is 1. The number of rotatable bonds is 9. The lowest BCUT2D eigenvalue weighted by Gasteiger charge is -2.08. The molecule has 0 saturated heterocycles. The van der Waals surface area contributed by atoms with E-state index in [1.165, 1.54) is 0 Å². The summed E-state index contributed by atoms with van der Waals surface area (Å²) in [6.07, 6.45) is 3.27. The zero-order chi connectivity index (χ0) is 12.3. The van der Waals surface area contributed by atoms with Crippen LogP contribution in [0.1, 0.15) is 26.2 Å². The van der Waals surface area contributed by atoms with Crippen molar-refractivity contribution in [2.24, 2.45) is 0 Å². The van der Waals surface area contributed by atoms with E-state index in [0.29, 0.717) is 0 Å². The van der Waals surface area contributed by atoms with Gasteiger partial charge in [-0.25, -0.2) is 0 Å². The molecule has 0 saturated carbocycles. The third-order valence-electron chi connectivity index (χ3n) is 2.43. The molecule has 0 fully saturated rings. The Kier molecular flexibility index (Phi) is 7.23. The van der Waals surface area contributed by atoms with E-state index in [9.17, 15) is 0 Å². The van der Waals surface area contributed by atoms with Crippen molar-refractivity contribution in [1.29, 1.82) is 0 Å². The summed E-state index contributed by atoms with van der Waals surface area (Å²) in [6.45, 7) is 4.71. The molecule has 0 heterocycles. The number of hydrogen-bond acceptors (Lipinski definition) is 3. The quantitative estimate of drug-likeness (QED) is 0.668. The van der Waals surface area contributed by atoms with Crippen LogP contribution >= 0.6 is 0 Å². The SMILES string of the molecule is CCCOc1ccc(NCCCCOC)cc1. The minimum atomic E-state index is 0.782. The minimum Gasteiger partial charge on any atom is -0.494 e. The predicted molar refractivity (Wildman–Crippen MR) is 71.8 cm³/mol. The smallest absolute Gasteiger partial charge is 0.119 e. The normalized spacial score (nSPS) is 10.2. The molecule has 1 aromatic rings. The Morgan fingerprint density at radius 1 is 1.06 bits per heavy atom. The molecule has 0 bridgehead atoms. The van der Waals surface area contributed by atoms with Crippen molar-refractivity contribution in [3.63, 3.8) is 0 Å². The summed E-state index contributed by atoms with van der Waals surface area (Å²) in [5, 5.41) is 3.38. The van der Waals surface area contributed by atoms with E-state index in [2.05, 4.69) is 24.4 Å². The largest absolute Gasteiger partial charge is 0.494 e. The third kappa shape index (κ3) is 6.17. The highest BCUT2D eigenvalue weighted by molar-refractivity contribution is 5.46. The summed E-state index contributed by atoms with van der Waals surface area (Å²) in [5.41, 5.74) is 1.14. The first-order valence-corrected chi connectivity index (χ1v) is 6.32. The molecule has 0 aliphatic heterocycles. The molecule has 0 spiro atoms. The van der Waals surface area contributed by atoms with E-state index in [4.69, 9.17) is 9.47 Å². The van der Waals surface area contributed by atoms with Crippen LogP contribution in [0.4, 0.5) is 5.69 Å². The summed E-state index contributed by atoms with van der Waals surface area (Å²) in [6, 6.07) is 8.13. The first-order chi connectivity index (χ1) is 8.36. The number of benzene rings is 1. The highest BCUT2D eigenvalue weighted by Gasteiger charge is 1.94. The Morgan fingerprint density at radius 2 is 1.82 bits per heavy atom. The summed E-state index contributed by atoms with van der Waals surface area (Å²) in [5.74, 6) is 0.941. The standard InChI is InChI=1S/C14H23NO2/c1-3-11-17-14-8-6-13(7-9-14)15-10-4-5-12-16-2/h6-9,15H,3-5,10-12H2,1-2H3. The fourth-order valence-corrected chi connectivity index (χ4v) is 1.49. The minimum absolute atomic E-state index is 0.782. The van der Waals surface area contributed by atoms with E-state index in [0.717, 1.165) is 50.5 Å². The highest BCUT2D eigenvalue weighted by Crippen LogP contribution is 2.15. The molecule has 1 aromatic carbocycles. The van der Waals surface area contributed by atoms with Crippen LogP contribution in [-0.2, 0) is 4.74 Å². The van der Waals surface area contributed by atoms with Crippen molar-refractivity contribution in [2.75, 3.05) is 32.2 Å².